The van der Waals surface area contributed by atoms with Crippen LogP contribution in [0.5, 0.6) is 0 Å². The van der Waals surface area contributed by atoms with E-state index in [2.05, 4.69) is 23.9 Å². The minimum absolute atomic E-state index is 1.01. The van der Waals surface area contributed by atoms with E-state index in [-0.39, 0.29) is 0 Å². The van der Waals surface area contributed by atoms with E-state index in [1.54, 1.807) is 0 Å². The summed E-state index contributed by atoms with van der Waals surface area (Å²) in [6.07, 6.45) is 5.83. The van der Waals surface area contributed by atoms with E-state index in [0.29, 0.717) is 0 Å². The maximum atomic E-state index is 2.49. The highest BCUT2D eigenvalue weighted by Gasteiger charge is 2.24. The largest absolute Gasteiger partial charge is 0.306 e. The highest BCUT2D eigenvalue weighted by molar-refractivity contribution is 4.78. The number of hydrogen-bond acceptors (Lipinski definition) is 2. The van der Waals surface area contributed by atoms with Crippen molar-refractivity contribution in [1.82, 2.24) is 9.80 Å². The zero-order valence-electron chi connectivity index (χ0n) is 9.71. The molecule has 14 heavy (non-hydrogen) atoms. The first-order valence-electron chi connectivity index (χ1n) is 6.11. The van der Waals surface area contributed by atoms with Gasteiger partial charge in [-0.2, -0.15) is 0 Å². The Kier molecular flexibility index (Phi) is 3.45. The van der Waals surface area contributed by atoms with Gasteiger partial charge in [0, 0.05) is 6.54 Å². The number of rotatable bonds is 2. The Morgan fingerprint density at radius 3 is 2.00 bits per heavy atom. The molecule has 0 N–H and O–H groups in total. The summed E-state index contributed by atoms with van der Waals surface area (Å²) < 4.78 is 0. The molecule has 82 valence electrons. The molecular weight excluding hydrogens is 172 g/mol. The second-order valence-corrected chi connectivity index (χ2v) is 5.40. The lowest BCUT2D eigenvalue weighted by molar-refractivity contribution is 0.195. The second kappa shape index (κ2) is 4.63. The van der Waals surface area contributed by atoms with Crippen LogP contribution in [-0.4, -0.2) is 50.1 Å². The number of nitrogens with zero attached hydrogens (tertiary/aromatic N) is 2. The van der Waals surface area contributed by atoms with Crippen LogP contribution in [0.25, 0.3) is 0 Å². The monoisotopic (exact) mass is 196 g/mol. The molecule has 2 heterocycles. The second-order valence-electron chi connectivity index (χ2n) is 5.40. The van der Waals surface area contributed by atoms with Crippen LogP contribution >= 0.6 is 0 Å². The number of likely N-dealkylation sites (tertiary alicyclic amines) is 2. The van der Waals surface area contributed by atoms with Crippen molar-refractivity contribution in [3.8, 4) is 0 Å². The average molecular weight is 196 g/mol. The van der Waals surface area contributed by atoms with Crippen molar-refractivity contribution in [2.45, 2.75) is 25.7 Å². The van der Waals surface area contributed by atoms with Crippen molar-refractivity contribution in [3.05, 3.63) is 0 Å². The fourth-order valence-corrected chi connectivity index (χ4v) is 2.99. The molecule has 1 atom stereocenters. The van der Waals surface area contributed by atoms with Crippen LogP contribution in [0.3, 0.4) is 0 Å². The van der Waals surface area contributed by atoms with Gasteiger partial charge in [-0.05, 0) is 71.2 Å². The lowest BCUT2D eigenvalue weighted by Gasteiger charge is -2.30. The van der Waals surface area contributed by atoms with Crippen LogP contribution in [0.4, 0.5) is 0 Å². The van der Waals surface area contributed by atoms with Crippen LogP contribution < -0.4 is 0 Å². The fraction of sp³-hybridized carbons (Fsp3) is 1.00. The minimum atomic E-state index is 1.01. The van der Waals surface area contributed by atoms with Crippen LogP contribution in [-0.2, 0) is 0 Å². The molecule has 0 amide bonds. The Balaban J connectivity index is 1.70. The Bertz CT molecular complexity index is 173. The molecule has 0 spiro atoms. The molecule has 0 bridgehead atoms. The van der Waals surface area contributed by atoms with Crippen LogP contribution in [0.15, 0.2) is 0 Å². The van der Waals surface area contributed by atoms with E-state index in [1.807, 2.05) is 0 Å². The predicted molar refractivity (Wildman–Crippen MR) is 60.4 cm³/mol. The highest BCUT2D eigenvalue weighted by atomic mass is 15.1. The molecule has 2 aliphatic rings. The Morgan fingerprint density at radius 2 is 1.43 bits per heavy atom. The van der Waals surface area contributed by atoms with Crippen molar-refractivity contribution < 1.29 is 0 Å². The molecule has 0 aromatic heterocycles. The standard InChI is InChI=1S/C12H24N2/c1-13-6-3-11(4-7-13)9-12-5-8-14(2)10-12/h11-12H,3-10H2,1-2H3/t12-/m1/s1. The molecule has 0 aliphatic carbocycles. The molecule has 2 heteroatoms. The Hall–Kier alpha value is -0.0800. The van der Waals surface area contributed by atoms with Gasteiger partial charge in [0.1, 0.15) is 0 Å². The maximum Gasteiger partial charge on any atom is 0.000719 e. The maximum absolute atomic E-state index is 2.49. The van der Waals surface area contributed by atoms with Gasteiger partial charge in [-0.25, -0.2) is 0 Å². The molecule has 2 fully saturated rings. The van der Waals surface area contributed by atoms with Crippen molar-refractivity contribution in [2.24, 2.45) is 11.8 Å². The van der Waals surface area contributed by atoms with E-state index in [4.69, 9.17) is 0 Å². The van der Waals surface area contributed by atoms with Crippen LogP contribution in [0.2, 0.25) is 0 Å². The third-order valence-corrected chi connectivity index (χ3v) is 3.99. The van der Waals surface area contributed by atoms with Crippen molar-refractivity contribution in [3.63, 3.8) is 0 Å². The predicted octanol–water partition coefficient (Wildman–Crippen LogP) is 1.67. The fourth-order valence-electron chi connectivity index (χ4n) is 2.99. The third-order valence-electron chi connectivity index (χ3n) is 3.99. The van der Waals surface area contributed by atoms with Gasteiger partial charge in [0.25, 0.3) is 0 Å². The molecule has 2 saturated heterocycles. The molecule has 2 aliphatic heterocycles. The van der Waals surface area contributed by atoms with Gasteiger partial charge in [0.2, 0.25) is 0 Å². The summed E-state index contributed by atoms with van der Waals surface area (Å²) in [5, 5.41) is 0. The van der Waals surface area contributed by atoms with E-state index < -0.39 is 0 Å². The van der Waals surface area contributed by atoms with Gasteiger partial charge in [-0.3, -0.25) is 0 Å². The SMILES string of the molecule is CN1CCC(C[C@H]2CCN(C)C2)CC1. The Morgan fingerprint density at radius 1 is 0.857 bits per heavy atom. The van der Waals surface area contributed by atoms with Crippen molar-refractivity contribution in [2.75, 3.05) is 40.3 Å². The Labute approximate surface area is 88.3 Å². The first-order chi connectivity index (χ1) is 6.74. The van der Waals surface area contributed by atoms with E-state index in [1.165, 1.54) is 51.9 Å². The molecule has 0 saturated carbocycles. The highest BCUT2D eigenvalue weighted by Crippen LogP contribution is 2.28. The molecular formula is C12H24N2. The van der Waals surface area contributed by atoms with E-state index in [9.17, 15) is 0 Å². The molecule has 0 aromatic carbocycles. The lowest BCUT2D eigenvalue weighted by atomic mass is 9.87. The first-order valence-corrected chi connectivity index (χ1v) is 6.11. The zero-order valence-corrected chi connectivity index (χ0v) is 9.71. The van der Waals surface area contributed by atoms with Gasteiger partial charge >= 0.3 is 0 Å². The number of piperidine rings is 1. The zero-order chi connectivity index (χ0) is 9.97. The number of hydrogen-bond donors (Lipinski definition) is 0. The molecule has 0 unspecified atom stereocenters. The van der Waals surface area contributed by atoms with Crippen LogP contribution in [0, 0.1) is 11.8 Å². The summed E-state index contributed by atoms with van der Waals surface area (Å²) in [5.74, 6) is 2.04. The van der Waals surface area contributed by atoms with Gasteiger partial charge < -0.3 is 9.80 Å². The normalized spacial score (nSPS) is 32.6. The van der Waals surface area contributed by atoms with E-state index in [0.717, 1.165) is 11.8 Å². The third kappa shape index (κ3) is 2.71. The van der Waals surface area contributed by atoms with Crippen molar-refractivity contribution >= 4 is 0 Å². The minimum Gasteiger partial charge on any atom is -0.306 e. The summed E-state index contributed by atoms with van der Waals surface area (Å²) >= 11 is 0. The summed E-state index contributed by atoms with van der Waals surface area (Å²) in [5.41, 5.74) is 0. The van der Waals surface area contributed by atoms with Gasteiger partial charge in [0.15, 0.2) is 0 Å². The van der Waals surface area contributed by atoms with Crippen molar-refractivity contribution in [1.29, 1.82) is 0 Å². The topological polar surface area (TPSA) is 6.48 Å². The van der Waals surface area contributed by atoms with Gasteiger partial charge in [-0.1, -0.05) is 0 Å². The van der Waals surface area contributed by atoms with Gasteiger partial charge in [0.05, 0.1) is 0 Å². The average Bonchev–Trinajstić information content (AvgIpc) is 2.56. The lowest BCUT2D eigenvalue weighted by Crippen LogP contribution is -2.31. The molecule has 2 nitrogen and oxygen atoms in total. The quantitative estimate of drug-likeness (QED) is 0.663. The molecule has 0 aromatic rings. The molecule has 0 radical (unpaired) electrons. The summed E-state index contributed by atoms with van der Waals surface area (Å²) in [6.45, 7) is 5.34. The summed E-state index contributed by atoms with van der Waals surface area (Å²) in [4.78, 5) is 4.96. The van der Waals surface area contributed by atoms with E-state index >= 15 is 0 Å². The van der Waals surface area contributed by atoms with Gasteiger partial charge in [-0.15, -0.1) is 0 Å². The summed E-state index contributed by atoms with van der Waals surface area (Å²) in [6, 6.07) is 0. The first kappa shape index (κ1) is 10.4. The molecule has 2 rings (SSSR count). The smallest absolute Gasteiger partial charge is 0.000719 e. The van der Waals surface area contributed by atoms with Crippen LogP contribution in [0.1, 0.15) is 25.7 Å². The summed E-state index contributed by atoms with van der Waals surface area (Å²) in [7, 11) is 4.51.